The Morgan fingerprint density at radius 3 is 2.41 bits per heavy atom. The highest BCUT2D eigenvalue weighted by Gasteiger charge is 2.14. The van der Waals surface area contributed by atoms with E-state index in [1.54, 1.807) is 57.7 Å². The van der Waals surface area contributed by atoms with Gasteiger partial charge in [-0.05, 0) is 37.3 Å². The average molecular weight is 301 g/mol. The monoisotopic (exact) mass is 301 g/mol. The Bertz CT molecular complexity index is 682. The predicted octanol–water partition coefficient (Wildman–Crippen LogP) is 3.27. The number of rotatable bonds is 5. The van der Waals surface area contributed by atoms with Crippen LogP contribution in [0.5, 0.6) is 17.2 Å². The van der Waals surface area contributed by atoms with E-state index in [2.05, 4.69) is 5.32 Å². The zero-order chi connectivity index (χ0) is 16.1. The summed E-state index contributed by atoms with van der Waals surface area (Å²) in [7, 11) is 4.71. The second kappa shape index (κ2) is 6.85. The molecule has 0 unspecified atom stereocenters. The highest BCUT2D eigenvalue weighted by Crippen LogP contribution is 2.35. The standard InChI is InChI=1S/C17H19NO4/c1-11-15(21-3)9-8-14(16(11)22-4)18-17(19)12-6-5-7-13(10-12)20-2/h5-10H,1-4H3,(H,18,19). The molecule has 0 aliphatic heterocycles. The third-order valence-corrected chi connectivity index (χ3v) is 3.36. The molecule has 0 aliphatic rings. The van der Waals surface area contributed by atoms with Crippen molar-refractivity contribution in [1.29, 1.82) is 0 Å². The minimum absolute atomic E-state index is 0.234. The maximum atomic E-state index is 12.4. The lowest BCUT2D eigenvalue weighted by Crippen LogP contribution is -2.13. The third-order valence-electron chi connectivity index (χ3n) is 3.36. The van der Waals surface area contributed by atoms with Crippen molar-refractivity contribution < 1.29 is 19.0 Å². The molecule has 0 heterocycles. The first kappa shape index (κ1) is 15.7. The van der Waals surface area contributed by atoms with Gasteiger partial charge in [-0.3, -0.25) is 4.79 Å². The van der Waals surface area contributed by atoms with Gasteiger partial charge in [0.1, 0.15) is 17.2 Å². The number of hydrogen-bond donors (Lipinski definition) is 1. The summed E-state index contributed by atoms with van der Waals surface area (Å²) >= 11 is 0. The van der Waals surface area contributed by atoms with Crippen molar-refractivity contribution >= 4 is 11.6 Å². The molecule has 2 aromatic rings. The first-order valence-corrected chi connectivity index (χ1v) is 6.77. The lowest BCUT2D eigenvalue weighted by Gasteiger charge is -2.15. The molecule has 0 aromatic heterocycles. The molecule has 0 aliphatic carbocycles. The van der Waals surface area contributed by atoms with Gasteiger partial charge in [-0.15, -0.1) is 0 Å². The Morgan fingerprint density at radius 2 is 1.77 bits per heavy atom. The van der Waals surface area contributed by atoms with Crippen LogP contribution in [-0.4, -0.2) is 27.2 Å². The maximum absolute atomic E-state index is 12.4. The molecular weight excluding hydrogens is 282 g/mol. The fourth-order valence-corrected chi connectivity index (χ4v) is 2.22. The fourth-order valence-electron chi connectivity index (χ4n) is 2.22. The molecule has 0 atom stereocenters. The van der Waals surface area contributed by atoms with Gasteiger partial charge in [0, 0.05) is 11.1 Å². The van der Waals surface area contributed by atoms with Crippen LogP contribution < -0.4 is 19.5 Å². The number of nitrogens with one attached hydrogen (secondary N) is 1. The Hall–Kier alpha value is -2.69. The number of carbonyl (C=O) groups excluding carboxylic acids is 1. The van der Waals surface area contributed by atoms with Crippen molar-refractivity contribution in [3.63, 3.8) is 0 Å². The lowest BCUT2D eigenvalue weighted by molar-refractivity contribution is 0.102. The molecule has 0 fully saturated rings. The molecule has 2 aromatic carbocycles. The molecule has 0 bridgehead atoms. The number of benzene rings is 2. The van der Waals surface area contributed by atoms with Crippen LogP contribution >= 0.6 is 0 Å². The highest BCUT2D eigenvalue weighted by molar-refractivity contribution is 6.05. The zero-order valence-electron chi connectivity index (χ0n) is 13.1. The molecule has 0 spiro atoms. The van der Waals surface area contributed by atoms with Crippen LogP contribution in [0.1, 0.15) is 15.9 Å². The smallest absolute Gasteiger partial charge is 0.255 e. The Balaban J connectivity index is 2.30. The number of hydrogen-bond acceptors (Lipinski definition) is 4. The molecule has 116 valence electrons. The summed E-state index contributed by atoms with van der Waals surface area (Å²) in [6.45, 7) is 1.87. The van der Waals surface area contributed by atoms with E-state index in [0.717, 1.165) is 5.56 Å². The Morgan fingerprint density at radius 1 is 1.00 bits per heavy atom. The number of anilines is 1. The van der Waals surface area contributed by atoms with Crippen LogP contribution in [0.2, 0.25) is 0 Å². The van der Waals surface area contributed by atoms with E-state index in [1.165, 1.54) is 0 Å². The van der Waals surface area contributed by atoms with Gasteiger partial charge in [-0.25, -0.2) is 0 Å². The van der Waals surface area contributed by atoms with Gasteiger partial charge in [0.2, 0.25) is 0 Å². The summed E-state index contributed by atoms with van der Waals surface area (Å²) in [5, 5.41) is 2.85. The summed E-state index contributed by atoms with van der Waals surface area (Å²) in [4.78, 5) is 12.4. The van der Waals surface area contributed by atoms with Crippen molar-refractivity contribution in [2.45, 2.75) is 6.92 Å². The van der Waals surface area contributed by atoms with Crippen LogP contribution in [0.3, 0.4) is 0 Å². The van der Waals surface area contributed by atoms with E-state index in [9.17, 15) is 4.79 Å². The average Bonchev–Trinajstić information content (AvgIpc) is 2.55. The van der Waals surface area contributed by atoms with Gasteiger partial charge in [0.05, 0.1) is 27.0 Å². The van der Waals surface area contributed by atoms with Crippen molar-refractivity contribution in [1.82, 2.24) is 0 Å². The van der Waals surface area contributed by atoms with Crippen LogP contribution in [0.15, 0.2) is 36.4 Å². The summed E-state index contributed by atoms with van der Waals surface area (Å²) in [6, 6.07) is 10.5. The molecule has 0 saturated carbocycles. The van der Waals surface area contributed by atoms with E-state index in [4.69, 9.17) is 14.2 Å². The Kier molecular flexibility index (Phi) is 4.88. The maximum Gasteiger partial charge on any atom is 0.255 e. The quantitative estimate of drug-likeness (QED) is 0.921. The van der Waals surface area contributed by atoms with E-state index in [-0.39, 0.29) is 5.91 Å². The Labute approximate surface area is 129 Å². The van der Waals surface area contributed by atoms with E-state index < -0.39 is 0 Å². The normalized spacial score (nSPS) is 10.0. The summed E-state index contributed by atoms with van der Waals surface area (Å²) in [5.41, 5.74) is 1.93. The molecule has 1 N–H and O–H groups in total. The molecule has 0 radical (unpaired) electrons. The number of ether oxygens (including phenoxy) is 3. The van der Waals surface area contributed by atoms with Gasteiger partial charge in [0.15, 0.2) is 0 Å². The topological polar surface area (TPSA) is 56.8 Å². The molecule has 5 heteroatoms. The first-order chi connectivity index (χ1) is 10.6. The van der Waals surface area contributed by atoms with Crippen LogP contribution in [0.4, 0.5) is 5.69 Å². The van der Waals surface area contributed by atoms with Gasteiger partial charge < -0.3 is 19.5 Å². The second-order valence-electron chi connectivity index (χ2n) is 4.66. The third kappa shape index (κ3) is 3.14. The number of methoxy groups -OCH3 is 3. The van der Waals surface area contributed by atoms with E-state index in [0.29, 0.717) is 28.5 Å². The molecule has 22 heavy (non-hydrogen) atoms. The summed E-state index contributed by atoms with van der Waals surface area (Å²) in [6.07, 6.45) is 0. The van der Waals surface area contributed by atoms with Crippen LogP contribution in [0, 0.1) is 6.92 Å². The van der Waals surface area contributed by atoms with Gasteiger partial charge >= 0.3 is 0 Å². The van der Waals surface area contributed by atoms with Crippen LogP contribution in [0.25, 0.3) is 0 Å². The van der Waals surface area contributed by atoms with Gasteiger partial charge in [-0.2, -0.15) is 0 Å². The van der Waals surface area contributed by atoms with Crippen LogP contribution in [-0.2, 0) is 0 Å². The van der Waals surface area contributed by atoms with Gasteiger partial charge in [0.25, 0.3) is 5.91 Å². The largest absolute Gasteiger partial charge is 0.497 e. The van der Waals surface area contributed by atoms with E-state index in [1.807, 2.05) is 6.92 Å². The van der Waals surface area contributed by atoms with Gasteiger partial charge in [-0.1, -0.05) is 6.07 Å². The number of carbonyl (C=O) groups is 1. The van der Waals surface area contributed by atoms with E-state index >= 15 is 0 Å². The lowest BCUT2D eigenvalue weighted by atomic mass is 10.1. The molecule has 0 saturated heterocycles. The highest BCUT2D eigenvalue weighted by atomic mass is 16.5. The number of amides is 1. The molecule has 1 amide bonds. The fraction of sp³-hybridized carbons (Fsp3) is 0.235. The predicted molar refractivity (Wildman–Crippen MR) is 85.2 cm³/mol. The minimum atomic E-state index is -0.234. The molecule has 5 nitrogen and oxygen atoms in total. The molecule has 2 rings (SSSR count). The van der Waals surface area contributed by atoms with Crippen molar-refractivity contribution in [3.8, 4) is 17.2 Å². The minimum Gasteiger partial charge on any atom is -0.497 e. The summed E-state index contributed by atoms with van der Waals surface area (Å²) < 4.78 is 15.8. The molecular formula is C17H19NO4. The van der Waals surface area contributed by atoms with Crippen molar-refractivity contribution in [3.05, 3.63) is 47.5 Å². The van der Waals surface area contributed by atoms with Crippen molar-refractivity contribution in [2.24, 2.45) is 0 Å². The summed E-state index contributed by atoms with van der Waals surface area (Å²) in [5.74, 6) is 1.68. The zero-order valence-corrected chi connectivity index (χ0v) is 13.1. The van der Waals surface area contributed by atoms with Crippen molar-refractivity contribution in [2.75, 3.05) is 26.6 Å². The first-order valence-electron chi connectivity index (χ1n) is 6.77. The SMILES string of the molecule is COc1cccc(C(=O)Nc2ccc(OC)c(C)c2OC)c1. The second-order valence-corrected chi connectivity index (χ2v) is 4.66.